The second-order valence-corrected chi connectivity index (χ2v) is 8.67. The Bertz CT molecular complexity index is 865. The van der Waals surface area contributed by atoms with Gasteiger partial charge >= 0.3 is 0 Å². The highest BCUT2D eigenvalue weighted by molar-refractivity contribution is 5.78. The highest BCUT2D eigenvalue weighted by Gasteiger charge is 2.44. The molecular formula is C22H32N4O3. The Morgan fingerprint density at radius 3 is 2.66 bits per heavy atom. The molecule has 1 aliphatic heterocycles. The third-order valence-electron chi connectivity index (χ3n) is 6.83. The number of para-hydroxylation sites is 2. The van der Waals surface area contributed by atoms with Gasteiger partial charge in [0.05, 0.1) is 17.1 Å². The van der Waals surface area contributed by atoms with Crippen molar-refractivity contribution in [2.75, 3.05) is 34.3 Å². The maximum Gasteiger partial charge on any atom is 0.224 e. The molecule has 2 heterocycles. The van der Waals surface area contributed by atoms with Gasteiger partial charge in [-0.2, -0.15) is 0 Å². The van der Waals surface area contributed by atoms with Gasteiger partial charge in [0.2, 0.25) is 5.91 Å². The summed E-state index contributed by atoms with van der Waals surface area (Å²) in [6.45, 7) is 2.10. The van der Waals surface area contributed by atoms with Crippen molar-refractivity contribution >= 4 is 16.9 Å². The van der Waals surface area contributed by atoms with Crippen molar-refractivity contribution in [3.63, 3.8) is 0 Å². The van der Waals surface area contributed by atoms with E-state index in [4.69, 9.17) is 4.74 Å². The first-order valence-corrected chi connectivity index (χ1v) is 10.5. The zero-order valence-corrected chi connectivity index (χ0v) is 17.6. The number of amides is 1. The number of aliphatic hydroxyl groups excluding tert-OH is 1. The van der Waals surface area contributed by atoms with E-state index in [1.807, 2.05) is 33.7 Å². The molecule has 158 valence electrons. The first kappa shape index (κ1) is 20.3. The maximum atomic E-state index is 13.0. The van der Waals surface area contributed by atoms with E-state index in [2.05, 4.69) is 24.0 Å². The molecule has 4 rings (SSSR count). The van der Waals surface area contributed by atoms with Gasteiger partial charge in [-0.25, -0.2) is 4.98 Å². The van der Waals surface area contributed by atoms with Crippen LogP contribution in [0.1, 0.15) is 25.1 Å². The van der Waals surface area contributed by atoms with Gasteiger partial charge in [-0.05, 0) is 50.9 Å². The summed E-state index contributed by atoms with van der Waals surface area (Å²) in [5.74, 6) is 1.89. The molecule has 2 aliphatic rings. The number of likely N-dealkylation sites (tertiary alicyclic amines) is 1. The quantitative estimate of drug-likeness (QED) is 0.800. The number of likely N-dealkylation sites (N-methyl/N-ethyl adjacent to an activating group) is 1. The molecule has 0 unspecified atom stereocenters. The minimum atomic E-state index is -0.124. The molecule has 7 heteroatoms. The molecule has 1 saturated heterocycles. The molecule has 1 aromatic heterocycles. The molecule has 7 nitrogen and oxygen atoms in total. The van der Waals surface area contributed by atoms with Crippen LogP contribution in [0.25, 0.3) is 11.0 Å². The number of ether oxygens (including phenoxy) is 1. The van der Waals surface area contributed by atoms with Crippen molar-refractivity contribution < 1.29 is 14.6 Å². The summed E-state index contributed by atoms with van der Waals surface area (Å²) in [5.41, 5.74) is 1.83. The Balaban J connectivity index is 1.41. The van der Waals surface area contributed by atoms with Crippen LogP contribution in [-0.4, -0.2) is 76.8 Å². The second kappa shape index (κ2) is 8.42. The fraction of sp³-hybridized carbons (Fsp3) is 0.636. The van der Waals surface area contributed by atoms with E-state index < -0.39 is 0 Å². The van der Waals surface area contributed by atoms with Crippen LogP contribution in [0.3, 0.4) is 0 Å². The van der Waals surface area contributed by atoms with Gasteiger partial charge in [0.25, 0.3) is 0 Å². The topological polar surface area (TPSA) is 70.8 Å². The van der Waals surface area contributed by atoms with E-state index in [1.165, 1.54) is 0 Å². The van der Waals surface area contributed by atoms with Crippen LogP contribution in [0, 0.1) is 11.8 Å². The van der Waals surface area contributed by atoms with Crippen LogP contribution in [0.15, 0.2) is 24.3 Å². The third kappa shape index (κ3) is 3.91. The minimum absolute atomic E-state index is 0.124. The second-order valence-electron chi connectivity index (χ2n) is 8.67. The number of aliphatic hydroxyl groups is 1. The number of carbonyl (C=O) groups excluding carboxylic acids is 1. The SMILES string of the molecule is CO[C@@H]1C[C@H]2CN(C(=O)CCn3c(CO)nc4ccccc43)C[C@H]2C[C@H]1N(C)C. The Morgan fingerprint density at radius 1 is 1.24 bits per heavy atom. The van der Waals surface area contributed by atoms with E-state index >= 15 is 0 Å². The highest BCUT2D eigenvalue weighted by atomic mass is 16.5. The lowest BCUT2D eigenvalue weighted by atomic mass is 9.77. The first-order valence-electron chi connectivity index (χ1n) is 10.5. The monoisotopic (exact) mass is 400 g/mol. The van der Waals surface area contributed by atoms with E-state index in [0.717, 1.165) is 37.0 Å². The highest BCUT2D eigenvalue weighted by Crippen LogP contribution is 2.39. The van der Waals surface area contributed by atoms with E-state index in [9.17, 15) is 9.90 Å². The Hall–Kier alpha value is -1.96. The summed E-state index contributed by atoms with van der Waals surface area (Å²) in [5, 5.41) is 9.66. The van der Waals surface area contributed by atoms with Gasteiger partial charge in [0.1, 0.15) is 12.4 Å². The number of benzene rings is 1. The number of carbonyl (C=O) groups is 1. The standard InChI is InChI=1S/C22H32N4O3/c1-24(2)19-10-15-12-25(13-16(15)11-20(19)29-3)22(28)8-9-26-18-7-5-4-6-17(18)23-21(26)14-27/h4-7,15-16,19-20,27H,8-14H2,1-3H3/t15-,16+,19-,20-/m1/s1. The summed E-state index contributed by atoms with van der Waals surface area (Å²) in [6, 6.07) is 8.24. The largest absolute Gasteiger partial charge is 0.388 e. The van der Waals surface area contributed by atoms with Crippen LogP contribution in [-0.2, 0) is 22.7 Å². The van der Waals surface area contributed by atoms with Gasteiger partial charge in [-0.15, -0.1) is 0 Å². The number of hydrogen-bond acceptors (Lipinski definition) is 5. The Morgan fingerprint density at radius 2 is 1.97 bits per heavy atom. The van der Waals surface area contributed by atoms with Crippen LogP contribution < -0.4 is 0 Å². The predicted octanol–water partition coefficient (Wildman–Crippen LogP) is 1.73. The molecular weight excluding hydrogens is 368 g/mol. The molecule has 1 aromatic carbocycles. The number of aromatic nitrogens is 2. The lowest BCUT2D eigenvalue weighted by molar-refractivity contribution is -0.130. The number of hydrogen-bond donors (Lipinski definition) is 1. The Kier molecular flexibility index (Phi) is 5.90. The van der Waals surface area contributed by atoms with E-state index in [0.29, 0.717) is 36.7 Å². The Labute approximate surface area is 172 Å². The normalized spacial score (nSPS) is 27.0. The van der Waals surface area contributed by atoms with Crippen molar-refractivity contribution in [3.8, 4) is 0 Å². The van der Waals surface area contributed by atoms with Gasteiger partial charge in [-0.3, -0.25) is 4.79 Å². The van der Waals surface area contributed by atoms with Gasteiger partial charge in [0, 0.05) is 39.2 Å². The minimum Gasteiger partial charge on any atom is -0.388 e. The number of fused-ring (bicyclic) bond motifs is 2. The first-order chi connectivity index (χ1) is 14.0. The van der Waals surface area contributed by atoms with Gasteiger partial charge < -0.3 is 24.2 Å². The molecule has 1 N–H and O–H groups in total. The summed E-state index contributed by atoms with van der Waals surface area (Å²) < 4.78 is 7.72. The van der Waals surface area contributed by atoms with Crippen LogP contribution >= 0.6 is 0 Å². The number of methoxy groups -OCH3 is 1. The number of imidazole rings is 1. The van der Waals surface area contributed by atoms with Crippen molar-refractivity contribution in [3.05, 3.63) is 30.1 Å². The van der Waals surface area contributed by atoms with Crippen molar-refractivity contribution in [2.45, 2.75) is 44.6 Å². The molecule has 29 heavy (non-hydrogen) atoms. The van der Waals surface area contributed by atoms with E-state index in [1.54, 1.807) is 7.11 Å². The van der Waals surface area contributed by atoms with Crippen LogP contribution in [0.4, 0.5) is 0 Å². The molecule has 2 aromatic rings. The third-order valence-corrected chi connectivity index (χ3v) is 6.83. The molecule has 4 atom stereocenters. The van der Waals surface area contributed by atoms with E-state index in [-0.39, 0.29) is 18.6 Å². The molecule has 1 amide bonds. The molecule has 0 spiro atoms. The molecule has 2 fully saturated rings. The maximum absolute atomic E-state index is 13.0. The number of aryl methyl sites for hydroxylation is 1. The fourth-order valence-corrected chi connectivity index (χ4v) is 5.25. The van der Waals surface area contributed by atoms with Crippen LogP contribution in [0.2, 0.25) is 0 Å². The van der Waals surface area contributed by atoms with Crippen molar-refractivity contribution in [2.24, 2.45) is 11.8 Å². The van der Waals surface area contributed by atoms with Crippen molar-refractivity contribution in [1.29, 1.82) is 0 Å². The van der Waals surface area contributed by atoms with Gasteiger partial charge in [0.15, 0.2) is 0 Å². The fourth-order valence-electron chi connectivity index (χ4n) is 5.25. The van der Waals surface area contributed by atoms with Gasteiger partial charge in [-0.1, -0.05) is 12.1 Å². The van der Waals surface area contributed by atoms with Crippen molar-refractivity contribution in [1.82, 2.24) is 19.4 Å². The predicted molar refractivity (Wildman–Crippen MR) is 111 cm³/mol. The smallest absolute Gasteiger partial charge is 0.224 e. The average molecular weight is 401 g/mol. The summed E-state index contributed by atoms with van der Waals surface area (Å²) in [6.07, 6.45) is 2.78. The van der Waals surface area contributed by atoms with Crippen LogP contribution in [0.5, 0.6) is 0 Å². The lowest BCUT2D eigenvalue weighted by Crippen LogP contribution is -2.47. The average Bonchev–Trinajstić information content (AvgIpc) is 3.31. The lowest BCUT2D eigenvalue weighted by Gasteiger charge is -2.40. The number of rotatable bonds is 6. The molecule has 1 aliphatic carbocycles. The summed E-state index contributed by atoms with van der Waals surface area (Å²) >= 11 is 0. The zero-order chi connectivity index (χ0) is 20.5. The molecule has 1 saturated carbocycles. The summed E-state index contributed by atoms with van der Waals surface area (Å²) in [4.78, 5) is 21.8. The molecule has 0 radical (unpaired) electrons. The molecule has 0 bridgehead atoms. The zero-order valence-electron chi connectivity index (χ0n) is 17.6. The number of nitrogens with zero attached hydrogens (tertiary/aromatic N) is 4. The summed E-state index contributed by atoms with van der Waals surface area (Å²) in [7, 11) is 6.03.